The topological polar surface area (TPSA) is 168 Å². The number of amides is 3. The molecule has 1 aliphatic heterocycles. The van der Waals surface area contributed by atoms with Crippen LogP contribution in [0.2, 0.25) is 0 Å². The summed E-state index contributed by atoms with van der Waals surface area (Å²) in [6.45, 7) is 4.53. The normalized spacial score (nSPS) is 18.7. The van der Waals surface area contributed by atoms with E-state index in [2.05, 4.69) is 10.6 Å². The van der Waals surface area contributed by atoms with E-state index in [-0.39, 0.29) is 5.92 Å². The lowest BCUT2D eigenvalue weighted by Crippen LogP contribution is -2.58. The summed E-state index contributed by atoms with van der Waals surface area (Å²) in [4.78, 5) is 52.5. The van der Waals surface area contributed by atoms with E-state index >= 15 is 0 Å². The van der Waals surface area contributed by atoms with E-state index in [1.165, 1.54) is 4.90 Å². The number of carbonyl (C=O) groups is 4. The van der Waals surface area contributed by atoms with Gasteiger partial charge < -0.3 is 32.1 Å². The number of carbonyl (C=O) groups excluding carboxylic acids is 3. The highest BCUT2D eigenvalue weighted by atomic mass is 16.4. The van der Waals surface area contributed by atoms with Crippen LogP contribution in [-0.4, -0.2) is 71.0 Å². The largest absolute Gasteiger partial charge is 0.480 e. The van der Waals surface area contributed by atoms with Crippen molar-refractivity contribution in [2.24, 2.45) is 17.4 Å². The summed E-state index contributed by atoms with van der Waals surface area (Å²) in [5.41, 5.74) is 12.6. The Morgan fingerprint density at radius 3 is 2.42 bits per heavy atom. The maximum atomic E-state index is 13.3. The Bertz CT molecular complexity index is 881. The summed E-state index contributed by atoms with van der Waals surface area (Å²) in [6, 6.07) is 5.85. The Labute approximate surface area is 213 Å². The van der Waals surface area contributed by atoms with Crippen LogP contribution in [0.15, 0.2) is 30.3 Å². The fourth-order valence-corrected chi connectivity index (χ4v) is 4.40. The lowest BCUT2D eigenvalue weighted by atomic mass is 9.96. The zero-order valence-corrected chi connectivity index (χ0v) is 21.3. The first-order chi connectivity index (χ1) is 17.2. The molecule has 1 saturated heterocycles. The van der Waals surface area contributed by atoms with Crippen LogP contribution in [0.25, 0.3) is 0 Å². The zero-order valence-electron chi connectivity index (χ0n) is 21.3. The minimum atomic E-state index is -1.05. The fraction of sp³-hybridized carbons (Fsp3) is 0.615. The first-order valence-corrected chi connectivity index (χ1v) is 12.8. The number of likely N-dealkylation sites (tertiary alicyclic amines) is 1. The van der Waals surface area contributed by atoms with Gasteiger partial charge in [0.05, 0.1) is 6.04 Å². The van der Waals surface area contributed by atoms with Crippen LogP contribution in [0.1, 0.15) is 57.9 Å². The van der Waals surface area contributed by atoms with Crippen molar-refractivity contribution in [2.45, 2.75) is 83.0 Å². The SMILES string of the molecule is CCC(C)C(NC(=O)C(CCCCN)NC(=O)C(N)Cc1ccccc1)C(=O)N1CCCC1C(=O)O. The minimum Gasteiger partial charge on any atom is -0.480 e. The Balaban J connectivity index is 2.14. The summed E-state index contributed by atoms with van der Waals surface area (Å²) in [5, 5.41) is 15.1. The second-order valence-corrected chi connectivity index (χ2v) is 9.54. The number of unbranched alkanes of at least 4 members (excludes halogenated alkanes) is 1. The highest BCUT2D eigenvalue weighted by Crippen LogP contribution is 2.21. The molecule has 0 saturated carbocycles. The smallest absolute Gasteiger partial charge is 0.326 e. The molecule has 1 aromatic rings. The molecule has 36 heavy (non-hydrogen) atoms. The van der Waals surface area contributed by atoms with E-state index in [1.54, 1.807) is 0 Å². The van der Waals surface area contributed by atoms with Gasteiger partial charge in [0.1, 0.15) is 18.1 Å². The molecule has 10 heteroatoms. The number of benzene rings is 1. The second kappa shape index (κ2) is 14.5. The van der Waals surface area contributed by atoms with Gasteiger partial charge in [-0.2, -0.15) is 0 Å². The van der Waals surface area contributed by atoms with E-state index in [0.29, 0.717) is 58.0 Å². The van der Waals surface area contributed by atoms with Gasteiger partial charge in [0, 0.05) is 6.54 Å². The van der Waals surface area contributed by atoms with Crippen LogP contribution in [0.3, 0.4) is 0 Å². The molecule has 1 aromatic carbocycles. The first-order valence-electron chi connectivity index (χ1n) is 12.8. The van der Waals surface area contributed by atoms with Crippen molar-refractivity contribution >= 4 is 23.7 Å². The Hall–Kier alpha value is -2.98. The zero-order chi connectivity index (χ0) is 26.7. The van der Waals surface area contributed by atoms with Crippen LogP contribution < -0.4 is 22.1 Å². The van der Waals surface area contributed by atoms with Crippen molar-refractivity contribution in [1.82, 2.24) is 15.5 Å². The summed E-state index contributed by atoms with van der Waals surface area (Å²) in [5.74, 6) is -2.62. The minimum absolute atomic E-state index is 0.225. The van der Waals surface area contributed by atoms with Gasteiger partial charge in [-0.05, 0) is 56.6 Å². The number of carboxylic acids is 1. The van der Waals surface area contributed by atoms with Gasteiger partial charge in [-0.1, -0.05) is 50.6 Å². The molecule has 1 heterocycles. The Morgan fingerprint density at radius 2 is 1.81 bits per heavy atom. The highest BCUT2D eigenvalue weighted by molar-refractivity contribution is 5.94. The van der Waals surface area contributed by atoms with Crippen LogP contribution >= 0.6 is 0 Å². The Morgan fingerprint density at radius 1 is 1.11 bits per heavy atom. The molecule has 5 unspecified atom stereocenters. The monoisotopic (exact) mass is 503 g/mol. The Kier molecular flexibility index (Phi) is 11.8. The molecule has 2 rings (SSSR count). The molecule has 0 spiro atoms. The predicted octanol–water partition coefficient (Wildman–Crippen LogP) is 0.777. The van der Waals surface area contributed by atoms with Gasteiger partial charge in [0.15, 0.2) is 0 Å². The van der Waals surface area contributed by atoms with Crippen LogP contribution in [0, 0.1) is 5.92 Å². The van der Waals surface area contributed by atoms with Crippen LogP contribution in [0.5, 0.6) is 0 Å². The first kappa shape index (κ1) is 29.3. The predicted molar refractivity (Wildman–Crippen MR) is 137 cm³/mol. The summed E-state index contributed by atoms with van der Waals surface area (Å²) >= 11 is 0. The third kappa shape index (κ3) is 8.30. The lowest BCUT2D eigenvalue weighted by molar-refractivity contribution is -0.150. The quantitative estimate of drug-likeness (QED) is 0.234. The summed E-state index contributed by atoms with van der Waals surface area (Å²) < 4.78 is 0. The fourth-order valence-electron chi connectivity index (χ4n) is 4.40. The van der Waals surface area contributed by atoms with E-state index in [1.807, 2.05) is 44.2 Å². The molecular weight excluding hydrogens is 462 g/mol. The molecule has 7 N–H and O–H groups in total. The molecule has 10 nitrogen and oxygen atoms in total. The molecule has 0 radical (unpaired) electrons. The molecular formula is C26H41N5O5. The van der Waals surface area contributed by atoms with E-state index < -0.39 is 47.9 Å². The number of hydrogen-bond donors (Lipinski definition) is 5. The van der Waals surface area contributed by atoms with Crippen molar-refractivity contribution in [3.63, 3.8) is 0 Å². The van der Waals surface area contributed by atoms with Gasteiger partial charge in [0.2, 0.25) is 17.7 Å². The van der Waals surface area contributed by atoms with Gasteiger partial charge >= 0.3 is 5.97 Å². The highest BCUT2D eigenvalue weighted by Gasteiger charge is 2.39. The maximum absolute atomic E-state index is 13.3. The van der Waals surface area contributed by atoms with Crippen molar-refractivity contribution in [1.29, 1.82) is 0 Å². The number of nitrogens with two attached hydrogens (primary N) is 2. The second-order valence-electron chi connectivity index (χ2n) is 9.54. The summed E-state index contributed by atoms with van der Waals surface area (Å²) in [7, 11) is 0. The van der Waals surface area contributed by atoms with E-state index in [0.717, 1.165) is 5.56 Å². The number of nitrogens with zero attached hydrogens (tertiary/aromatic N) is 1. The molecule has 5 atom stereocenters. The molecule has 200 valence electrons. The van der Waals surface area contributed by atoms with Gasteiger partial charge in [-0.15, -0.1) is 0 Å². The van der Waals surface area contributed by atoms with Crippen molar-refractivity contribution in [3.8, 4) is 0 Å². The number of hydrogen-bond acceptors (Lipinski definition) is 6. The van der Waals surface area contributed by atoms with Gasteiger partial charge in [-0.25, -0.2) is 4.79 Å². The van der Waals surface area contributed by atoms with Crippen molar-refractivity contribution < 1.29 is 24.3 Å². The molecule has 0 bridgehead atoms. The average Bonchev–Trinajstić information content (AvgIpc) is 3.37. The number of aliphatic carboxylic acids is 1. The molecule has 0 aromatic heterocycles. The molecule has 3 amide bonds. The van der Waals surface area contributed by atoms with Crippen LogP contribution in [-0.2, 0) is 25.6 Å². The van der Waals surface area contributed by atoms with Gasteiger partial charge in [0.25, 0.3) is 0 Å². The molecule has 0 aliphatic carbocycles. The third-order valence-corrected chi connectivity index (χ3v) is 6.81. The number of nitrogens with one attached hydrogen (secondary N) is 2. The van der Waals surface area contributed by atoms with Gasteiger partial charge in [-0.3, -0.25) is 14.4 Å². The molecule has 1 fully saturated rings. The van der Waals surface area contributed by atoms with Crippen LogP contribution in [0.4, 0.5) is 0 Å². The lowest BCUT2D eigenvalue weighted by Gasteiger charge is -2.31. The van der Waals surface area contributed by atoms with Crippen molar-refractivity contribution in [2.75, 3.05) is 13.1 Å². The van der Waals surface area contributed by atoms with E-state index in [9.17, 15) is 24.3 Å². The average molecular weight is 504 g/mol. The van der Waals surface area contributed by atoms with E-state index in [4.69, 9.17) is 11.5 Å². The maximum Gasteiger partial charge on any atom is 0.326 e. The third-order valence-electron chi connectivity index (χ3n) is 6.81. The number of carboxylic acid groups (broad SMARTS) is 1. The molecule has 1 aliphatic rings. The number of rotatable bonds is 14. The standard InChI is InChI=1S/C26H41N5O5/c1-3-17(2)22(25(34)31-15-9-13-21(31)26(35)36)30-24(33)20(12-7-8-14-27)29-23(32)19(28)16-18-10-5-4-6-11-18/h4-6,10-11,17,19-22H,3,7-9,12-16,27-28H2,1-2H3,(H,29,32)(H,30,33)(H,35,36). The van der Waals surface area contributed by atoms with Crippen molar-refractivity contribution in [3.05, 3.63) is 35.9 Å². The summed E-state index contributed by atoms with van der Waals surface area (Å²) in [6.07, 6.45) is 3.54.